The lowest BCUT2D eigenvalue weighted by Gasteiger charge is -2.25. The van der Waals surface area contributed by atoms with Crippen LogP contribution in [0.4, 0.5) is 5.69 Å². The van der Waals surface area contributed by atoms with E-state index in [4.69, 9.17) is 18.0 Å². The van der Waals surface area contributed by atoms with Gasteiger partial charge in [0.05, 0.1) is 0 Å². The van der Waals surface area contributed by atoms with Gasteiger partial charge in [0.25, 0.3) is 0 Å². The number of rotatable bonds is 5. The van der Waals surface area contributed by atoms with Crippen molar-refractivity contribution in [1.82, 2.24) is 0 Å². The molecule has 0 aliphatic carbocycles. The molecule has 16 heavy (non-hydrogen) atoms. The van der Waals surface area contributed by atoms with Crippen molar-refractivity contribution in [3.05, 3.63) is 28.2 Å². The Kier molecular flexibility index (Phi) is 5.22. The molecule has 0 fully saturated rings. The van der Waals surface area contributed by atoms with Gasteiger partial charge in [0.1, 0.15) is 4.99 Å². The van der Waals surface area contributed by atoms with Gasteiger partial charge in [-0.2, -0.15) is 0 Å². The van der Waals surface area contributed by atoms with Crippen LogP contribution in [0.25, 0.3) is 0 Å². The van der Waals surface area contributed by atoms with Gasteiger partial charge >= 0.3 is 0 Å². The molecule has 0 aromatic heterocycles. The summed E-state index contributed by atoms with van der Waals surface area (Å²) < 4.78 is 1.05. The predicted molar refractivity (Wildman–Crippen MR) is 78.2 cm³/mol. The third-order valence-corrected chi connectivity index (χ3v) is 3.15. The number of nitrogens with zero attached hydrogens (tertiary/aromatic N) is 1. The summed E-state index contributed by atoms with van der Waals surface area (Å²) in [5.41, 5.74) is 7.81. The van der Waals surface area contributed by atoms with Crippen molar-refractivity contribution in [2.24, 2.45) is 5.73 Å². The van der Waals surface area contributed by atoms with Crippen LogP contribution >= 0.6 is 28.1 Å². The van der Waals surface area contributed by atoms with Crippen LogP contribution in [0.3, 0.4) is 0 Å². The van der Waals surface area contributed by atoms with E-state index in [1.54, 1.807) is 0 Å². The summed E-state index contributed by atoms with van der Waals surface area (Å²) in [6.45, 7) is 6.28. The highest BCUT2D eigenvalue weighted by molar-refractivity contribution is 9.10. The largest absolute Gasteiger partial charge is 0.389 e. The summed E-state index contributed by atoms with van der Waals surface area (Å²) in [4.78, 5) is 2.75. The molecule has 0 saturated heterocycles. The number of halogens is 1. The zero-order chi connectivity index (χ0) is 12.1. The number of hydrogen-bond donors (Lipinski definition) is 1. The van der Waals surface area contributed by atoms with Crippen LogP contribution < -0.4 is 10.6 Å². The summed E-state index contributed by atoms with van der Waals surface area (Å²) in [5, 5.41) is 0. The van der Waals surface area contributed by atoms with E-state index >= 15 is 0 Å². The predicted octanol–water partition coefficient (Wildman–Crippen LogP) is 3.32. The molecule has 0 saturated carbocycles. The van der Waals surface area contributed by atoms with Gasteiger partial charge in [-0.05, 0) is 31.5 Å². The lowest BCUT2D eigenvalue weighted by molar-refractivity contribution is 0.791. The van der Waals surface area contributed by atoms with E-state index in [9.17, 15) is 0 Å². The molecule has 2 nitrogen and oxygen atoms in total. The van der Waals surface area contributed by atoms with Crippen LogP contribution in [0.1, 0.15) is 25.8 Å². The van der Waals surface area contributed by atoms with Crippen molar-refractivity contribution in [2.45, 2.75) is 20.3 Å². The molecule has 0 aliphatic heterocycles. The fourth-order valence-electron chi connectivity index (χ4n) is 1.69. The van der Waals surface area contributed by atoms with Crippen LogP contribution in [0.15, 0.2) is 22.7 Å². The molecule has 1 aromatic rings. The SMILES string of the molecule is CCCN(CC)c1cc(Br)ccc1C(N)=S. The fraction of sp³-hybridized carbons (Fsp3) is 0.417. The molecule has 0 bridgehead atoms. The second-order valence-electron chi connectivity index (χ2n) is 3.61. The van der Waals surface area contributed by atoms with Gasteiger partial charge in [0.2, 0.25) is 0 Å². The van der Waals surface area contributed by atoms with Gasteiger partial charge in [-0.3, -0.25) is 0 Å². The summed E-state index contributed by atoms with van der Waals surface area (Å²) in [5.74, 6) is 0. The van der Waals surface area contributed by atoms with E-state index in [0.29, 0.717) is 4.99 Å². The topological polar surface area (TPSA) is 29.3 Å². The number of anilines is 1. The highest BCUT2D eigenvalue weighted by atomic mass is 79.9. The van der Waals surface area contributed by atoms with Crippen molar-refractivity contribution in [3.63, 3.8) is 0 Å². The minimum atomic E-state index is 0.456. The van der Waals surface area contributed by atoms with Crippen LogP contribution in [0, 0.1) is 0 Å². The summed E-state index contributed by atoms with van der Waals surface area (Å²) >= 11 is 8.56. The molecular formula is C12H17BrN2S. The molecule has 1 rings (SSSR count). The molecule has 1 aromatic carbocycles. The number of nitrogens with two attached hydrogens (primary N) is 1. The van der Waals surface area contributed by atoms with E-state index in [1.807, 2.05) is 12.1 Å². The highest BCUT2D eigenvalue weighted by Crippen LogP contribution is 2.25. The first kappa shape index (κ1) is 13.5. The summed E-state index contributed by atoms with van der Waals surface area (Å²) in [6, 6.07) is 6.02. The maximum atomic E-state index is 5.74. The number of benzene rings is 1. The standard InChI is InChI=1S/C12H17BrN2S/c1-3-7-15(4-2)11-8-9(13)5-6-10(11)12(14)16/h5-6,8H,3-4,7H2,1-2H3,(H2,14,16). The summed E-state index contributed by atoms with van der Waals surface area (Å²) in [7, 11) is 0. The third-order valence-electron chi connectivity index (χ3n) is 2.44. The molecule has 0 atom stereocenters. The molecule has 0 heterocycles. The Morgan fingerprint density at radius 2 is 2.12 bits per heavy atom. The lowest BCUT2D eigenvalue weighted by atomic mass is 10.1. The second-order valence-corrected chi connectivity index (χ2v) is 4.96. The molecule has 88 valence electrons. The van der Waals surface area contributed by atoms with Gasteiger partial charge in [-0.25, -0.2) is 0 Å². The van der Waals surface area contributed by atoms with Crippen molar-refractivity contribution < 1.29 is 0 Å². The maximum absolute atomic E-state index is 5.74. The molecule has 0 spiro atoms. The second kappa shape index (κ2) is 6.21. The molecule has 2 N–H and O–H groups in total. The van der Waals surface area contributed by atoms with Crippen LogP contribution in [-0.4, -0.2) is 18.1 Å². The first-order valence-corrected chi connectivity index (χ1v) is 6.64. The number of hydrogen-bond acceptors (Lipinski definition) is 2. The zero-order valence-electron chi connectivity index (χ0n) is 9.66. The minimum Gasteiger partial charge on any atom is -0.389 e. The monoisotopic (exact) mass is 300 g/mol. The highest BCUT2D eigenvalue weighted by Gasteiger charge is 2.11. The van der Waals surface area contributed by atoms with E-state index in [-0.39, 0.29) is 0 Å². The third kappa shape index (κ3) is 3.19. The minimum absolute atomic E-state index is 0.456. The van der Waals surface area contributed by atoms with E-state index in [2.05, 4.69) is 40.7 Å². The lowest BCUT2D eigenvalue weighted by Crippen LogP contribution is -2.26. The van der Waals surface area contributed by atoms with Crippen LogP contribution in [-0.2, 0) is 0 Å². The Morgan fingerprint density at radius 1 is 1.44 bits per heavy atom. The maximum Gasteiger partial charge on any atom is 0.106 e. The van der Waals surface area contributed by atoms with Gasteiger partial charge in [-0.1, -0.05) is 35.1 Å². The van der Waals surface area contributed by atoms with Crippen LogP contribution in [0.5, 0.6) is 0 Å². The van der Waals surface area contributed by atoms with E-state index < -0.39 is 0 Å². The molecular weight excluding hydrogens is 284 g/mol. The fourth-order valence-corrected chi connectivity index (χ4v) is 2.22. The first-order valence-electron chi connectivity index (χ1n) is 5.44. The van der Waals surface area contributed by atoms with Crippen molar-refractivity contribution in [3.8, 4) is 0 Å². The molecule has 4 heteroatoms. The van der Waals surface area contributed by atoms with Gasteiger partial charge < -0.3 is 10.6 Å². The Morgan fingerprint density at radius 3 is 2.62 bits per heavy atom. The van der Waals surface area contributed by atoms with E-state index in [0.717, 1.165) is 35.2 Å². The molecule has 0 amide bonds. The van der Waals surface area contributed by atoms with E-state index in [1.165, 1.54) is 0 Å². The van der Waals surface area contributed by atoms with Crippen molar-refractivity contribution in [1.29, 1.82) is 0 Å². The Balaban J connectivity index is 3.16. The molecule has 0 radical (unpaired) electrons. The number of thiocarbonyl (C=S) groups is 1. The quantitative estimate of drug-likeness (QED) is 0.846. The first-order chi connectivity index (χ1) is 7.60. The average molecular weight is 301 g/mol. The Labute approximate surface area is 111 Å². The van der Waals surface area contributed by atoms with Crippen LogP contribution in [0.2, 0.25) is 0 Å². The zero-order valence-corrected chi connectivity index (χ0v) is 12.1. The van der Waals surface area contributed by atoms with Gasteiger partial charge in [0, 0.05) is 28.8 Å². The van der Waals surface area contributed by atoms with Crippen molar-refractivity contribution >= 4 is 38.8 Å². The summed E-state index contributed by atoms with van der Waals surface area (Å²) in [6.07, 6.45) is 1.11. The Hall–Kier alpha value is -0.610. The van der Waals surface area contributed by atoms with Gasteiger partial charge in [-0.15, -0.1) is 0 Å². The smallest absolute Gasteiger partial charge is 0.106 e. The normalized spacial score (nSPS) is 10.2. The average Bonchev–Trinajstić information content (AvgIpc) is 2.25. The molecule has 0 aliphatic rings. The van der Waals surface area contributed by atoms with Gasteiger partial charge in [0.15, 0.2) is 0 Å². The molecule has 0 unspecified atom stereocenters. The van der Waals surface area contributed by atoms with Crippen molar-refractivity contribution in [2.75, 3.05) is 18.0 Å². The Bertz CT molecular complexity index is 379.